The number of nitrogen functional groups attached to an aromatic ring is 1. The molecule has 1 aliphatic heterocycles. The van der Waals surface area contributed by atoms with Gasteiger partial charge >= 0.3 is 0 Å². The molecule has 0 atom stereocenters. The summed E-state index contributed by atoms with van der Waals surface area (Å²) in [5.41, 5.74) is 7.28. The maximum absolute atomic E-state index is 12.1. The van der Waals surface area contributed by atoms with Crippen molar-refractivity contribution >= 4 is 29.9 Å². The number of benzene rings is 1. The zero-order valence-corrected chi connectivity index (χ0v) is 12.4. The van der Waals surface area contributed by atoms with E-state index in [2.05, 4.69) is 0 Å². The lowest BCUT2D eigenvalue weighted by atomic mass is 10.1. The highest BCUT2D eigenvalue weighted by Gasteiger charge is 2.22. The molecule has 20 heavy (non-hydrogen) atoms. The first-order chi connectivity index (χ1) is 9.06. The summed E-state index contributed by atoms with van der Waals surface area (Å²) in [5.74, 6) is 0.179. The van der Waals surface area contributed by atoms with Gasteiger partial charge in [0.2, 0.25) is 11.8 Å². The normalized spacial score (nSPS) is 14.7. The summed E-state index contributed by atoms with van der Waals surface area (Å²) < 4.78 is 0. The molecule has 1 heterocycles. The predicted molar refractivity (Wildman–Crippen MR) is 80.6 cm³/mol. The van der Waals surface area contributed by atoms with Crippen LogP contribution >= 0.6 is 12.4 Å². The molecule has 0 aromatic heterocycles. The van der Waals surface area contributed by atoms with Crippen LogP contribution in [0.1, 0.15) is 12.5 Å². The lowest BCUT2D eigenvalue weighted by molar-refractivity contribution is -0.138. The minimum Gasteiger partial charge on any atom is -0.399 e. The third kappa shape index (κ3) is 4.13. The van der Waals surface area contributed by atoms with Crippen molar-refractivity contribution in [2.24, 2.45) is 0 Å². The van der Waals surface area contributed by atoms with Gasteiger partial charge in [-0.1, -0.05) is 12.1 Å². The van der Waals surface area contributed by atoms with Crippen LogP contribution in [-0.4, -0.2) is 47.8 Å². The maximum Gasteiger partial charge on any atom is 0.227 e. The van der Waals surface area contributed by atoms with Gasteiger partial charge < -0.3 is 15.5 Å². The SMILES string of the molecule is CC(=O)N1CCN(C(=O)Cc2ccc(N)cc2)CC1.Cl. The highest BCUT2D eigenvalue weighted by Crippen LogP contribution is 2.09. The summed E-state index contributed by atoms with van der Waals surface area (Å²) in [6, 6.07) is 7.35. The molecule has 0 saturated carbocycles. The van der Waals surface area contributed by atoms with Gasteiger partial charge in [-0.3, -0.25) is 9.59 Å². The number of anilines is 1. The Kier molecular flexibility index (Phi) is 5.82. The van der Waals surface area contributed by atoms with E-state index >= 15 is 0 Å². The molecule has 2 rings (SSSR count). The van der Waals surface area contributed by atoms with Crippen LogP contribution in [0.25, 0.3) is 0 Å². The first-order valence-electron chi connectivity index (χ1n) is 6.44. The number of nitrogens with zero attached hydrogens (tertiary/aromatic N) is 2. The number of amides is 2. The maximum atomic E-state index is 12.1. The molecule has 0 radical (unpaired) electrons. The minimum absolute atomic E-state index is 0. The van der Waals surface area contributed by atoms with Crippen LogP contribution in [0.15, 0.2) is 24.3 Å². The van der Waals surface area contributed by atoms with E-state index in [4.69, 9.17) is 5.73 Å². The average molecular weight is 298 g/mol. The summed E-state index contributed by atoms with van der Waals surface area (Å²) >= 11 is 0. The lowest BCUT2D eigenvalue weighted by Gasteiger charge is -2.34. The van der Waals surface area contributed by atoms with Crippen molar-refractivity contribution in [3.8, 4) is 0 Å². The van der Waals surface area contributed by atoms with Gasteiger partial charge in [0, 0.05) is 38.8 Å². The highest BCUT2D eigenvalue weighted by atomic mass is 35.5. The second-order valence-electron chi connectivity index (χ2n) is 4.81. The van der Waals surface area contributed by atoms with Crippen LogP contribution < -0.4 is 5.73 Å². The second-order valence-corrected chi connectivity index (χ2v) is 4.81. The third-order valence-corrected chi connectivity index (χ3v) is 3.41. The van der Waals surface area contributed by atoms with Crippen molar-refractivity contribution in [2.45, 2.75) is 13.3 Å². The van der Waals surface area contributed by atoms with Crippen molar-refractivity contribution < 1.29 is 9.59 Å². The molecule has 110 valence electrons. The number of hydrogen-bond acceptors (Lipinski definition) is 3. The van der Waals surface area contributed by atoms with Gasteiger partial charge in [-0.2, -0.15) is 0 Å². The van der Waals surface area contributed by atoms with E-state index < -0.39 is 0 Å². The fraction of sp³-hybridized carbons (Fsp3) is 0.429. The molecule has 1 fully saturated rings. The van der Waals surface area contributed by atoms with E-state index in [1.807, 2.05) is 17.0 Å². The molecule has 1 aromatic carbocycles. The largest absolute Gasteiger partial charge is 0.399 e. The Morgan fingerprint density at radius 1 is 1.05 bits per heavy atom. The van der Waals surface area contributed by atoms with E-state index in [1.165, 1.54) is 0 Å². The first kappa shape index (κ1) is 16.3. The Morgan fingerprint density at radius 3 is 2.05 bits per heavy atom. The van der Waals surface area contributed by atoms with Crippen molar-refractivity contribution in [1.82, 2.24) is 9.80 Å². The minimum atomic E-state index is 0. The number of carbonyl (C=O) groups excluding carboxylic acids is 2. The molecule has 0 spiro atoms. The Labute approximate surface area is 125 Å². The van der Waals surface area contributed by atoms with Crippen LogP contribution in [-0.2, 0) is 16.0 Å². The van der Waals surface area contributed by atoms with Gasteiger partial charge in [0.15, 0.2) is 0 Å². The fourth-order valence-corrected chi connectivity index (χ4v) is 2.19. The van der Waals surface area contributed by atoms with Gasteiger partial charge in [0.05, 0.1) is 6.42 Å². The molecule has 0 aliphatic carbocycles. The van der Waals surface area contributed by atoms with Crippen molar-refractivity contribution in [3.63, 3.8) is 0 Å². The number of piperazine rings is 1. The van der Waals surface area contributed by atoms with Gasteiger partial charge in [0.25, 0.3) is 0 Å². The number of nitrogens with two attached hydrogens (primary N) is 1. The molecule has 5 nitrogen and oxygen atoms in total. The Morgan fingerprint density at radius 2 is 1.55 bits per heavy atom. The lowest BCUT2D eigenvalue weighted by Crippen LogP contribution is -2.50. The van der Waals surface area contributed by atoms with Gasteiger partial charge in [-0.25, -0.2) is 0 Å². The number of carbonyl (C=O) groups is 2. The van der Waals surface area contributed by atoms with E-state index in [-0.39, 0.29) is 24.2 Å². The van der Waals surface area contributed by atoms with E-state index in [0.29, 0.717) is 38.3 Å². The molecule has 0 bridgehead atoms. The third-order valence-electron chi connectivity index (χ3n) is 3.41. The van der Waals surface area contributed by atoms with Gasteiger partial charge in [-0.15, -0.1) is 12.4 Å². The van der Waals surface area contributed by atoms with Crippen LogP contribution in [0, 0.1) is 0 Å². The first-order valence-corrected chi connectivity index (χ1v) is 6.44. The smallest absolute Gasteiger partial charge is 0.227 e. The monoisotopic (exact) mass is 297 g/mol. The van der Waals surface area contributed by atoms with E-state index in [1.54, 1.807) is 24.0 Å². The zero-order chi connectivity index (χ0) is 13.8. The predicted octanol–water partition coefficient (Wildman–Crippen LogP) is 0.924. The topological polar surface area (TPSA) is 66.6 Å². The van der Waals surface area contributed by atoms with E-state index in [0.717, 1.165) is 5.56 Å². The van der Waals surface area contributed by atoms with Gasteiger partial charge in [-0.05, 0) is 17.7 Å². The molecule has 1 saturated heterocycles. The van der Waals surface area contributed by atoms with Crippen LogP contribution in [0.5, 0.6) is 0 Å². The molecular weight excluding hydrogens is 278 g/mol. The van der Waals surface area contributed by atoms with E-state index in [9.17, 15) is 9.59 Å². The summed E-state index contributed by atoms with van der Waals surface area (Å²) in [6.45, 7) is 4.05. The molecule has 2 amide bonds. The van der Waals surface area contributed by atoms with Crippen molar-refractivity contribution in [2.75, 3.05) is 31.9 Å². The molecule has 1 aliphatic rings. The molecule has 1 aromatic rings. The number of halogens is 1. The number of hydrogen-bond donors (Lipinski definition) is 1. The van der Waals surface area contributed by atoms with Crippen LogP contribution in [0.3, 0.4) is 0 Å². The van der Waals surface area contributed by atoms with Crippen molar-refractivity contribution in [1.29, 1.82) is 0 Å². The van der Waals surface area contributed by atoms with Crippen LogP contribution in [0.4, 0.5) is 5.69 Å². The summed E-state index contributed by atoms with van der Waals surface area (Å²) in [6.07, 6.45) is 0.389. The highest BCUT2D eigenvalue weighted by molar-refractivity contribution is 5.85. The molecule has 0 unspecified atom stereocenters. The summed E-state index contributed by atoms with van der Waals surface area (Å²) in [7, 11) is 0. The average Bonchev–Trinajstić information content (AvgIpc) is 2.41. The summed E-state index contributed by atoms with van der Waals surface area (Å²) in [4.78, 5) is 26.9. The Bertz CT molecular complexity index is 468. The Hall–Kier alpha value is -1.75. The zero-order valence-electron chi connectivity index (χ0n) is 11.5. The summed E-state index contributed by atoms with van der Waals surface area (Å²) in [5, 5.41) is 0. The van der Waals surface area contributed by atoms with Gasteiger partial charge in [0.1, 0.15) is 0 Å². The number of rotatable bonds is 2. The van der Waals surface area contributed by atoms with Crippen molar-refractivity contribution in [3.05, 3.63) is 29.8 Å². The van der Waals surface area contributed by atoms with Crippen LogP contribution in [0.2, 0.25) is 0 Å². The molecule has 6 heteroatoms. The molecular formula is C14H20ClN3O2. The Balaban J connectivity index is 0.00000200. The molecule has 2 N–H and O–H groups in total. The quantitative estimate of drug-likeness (QED) is 0.826. The fourth-order valence-electron chi connectivity index (χ4n) is 2.19. The second kappa shape index (κ2) is 7.14. The standard InChI is InChI=1S/C14H19N3O2.ClH/c1-11(18)16-6-8-17(9-7-16)14(19)10-12-2-4-13(15)5-3-12;/h2-5H,6-10,15H2,1H3;1H.